The van der Waals surface area contributed by atoms with Crippen molar-refractivity contribution in [2.45, 2.75) is 43.9 Å². The summed E-state index contributed by atoms with van der Waals surface area (Å²) < 4.78 is 34.7. The van der Waals surface area contributed by atoms with Crippen molar-refractivity contribution in [1.29, 1.82) is 0 Å². The topological polar surface area (TPSA) is 91.8 Å². The van der Waals surface area contributed by atoms with Crippen LogP contribution < -0.4 is 4.72 Å². The van der Waals surface area contributed by atoms with E-state index in [1.165, 1.54) is 11.6 Å². The van der Waals surface area contributed by atoms with Gasteiger partial charge in [-0.15, -0.1) is 0 Å². The molecule has 2 aromatic carbocycles. The van der Waals surface area contributed by atoms with Gasteiger partial charge in [0.1, 0.15) is 10.7 Å². The lowest BCUT2D eigenvalue weighted by Gasteiger charge is -2.24. The summed E-state index contributed by atoms with van der Waals surface area (Å²) in [5.74, 6) is 0.943. The molecule has 2 heterocycles. The normalized spacial score (nSPS) is 16.4. The summed E-state index contributed by atoms with van der Waals surface area (Å²) in [7, 11) is -3.91. The van der Waals surface area contributed by atoms with Crippen LogP contribution >= 0.6 is 0 Å². The van der Waals surface area contributed by atoms with Gasteiger partial charge in [0, 0.05) is 56.2 Å². The maximum atomic E-state index is 13.3. The average Bonchev–Trinajstić information content (AvgIpc) is 3.22. The zero-order valence-electron chi connectivity index (χ0n) is 23.4. The van der Waals surface area contributed by atoms with Crippen molar-refractivity contribution in [3.05, 3.63) is 89.8 Å². The van der Waals surface area contributed by atoms with Gasteiger partial charge in [-0.2, -0.15) is 0 Å². The minimum Gasteiger partial charge on any atom is -0.494 e. The summed E-state index contributed by atoms with van der Waals surface area (Å²) >= 11 is 0. The van der Waals surface area contributed by atoms with Crippen molar-refractivity contribution in [3.63, 3.8) is 0 Å². The minimum absolute atomic E-state index is 0.0291. The molecule has 1 amide bonds. The molecule has 1 N–H and O–H groups in total. The molecule has 1 aromatic heterocycles. The Hall–Kier alpha value is -3.87. The second kappa shape index (κ2) is 13.2. The molecule has 3 aromatic rings. The number of aromatic nitrogens is 1. The van der Waals surface area contributed by atoms with Crippen molar-refractivity contribution < 1.29 is 17.9 Å². The molecule has 0 atom stereocenters. The maximum Gasteiger partial charge on any atom is 0.264 e. The highest BCUT2D eigenvalue weighted by atomic mass is 32.2. The summed E-state index contributed by atoms with van der Waals surface area (Å²) in [5, 5.41) is 0.570. The fraction of sp³-hybridized carbons (Fsp3) is 0.375. The Morgan fingerprint density at radius 2 is 1.98 bits per heavy atom. The zero-order chi connectivity index (χ0) is 28.7. The molecule has 1 fully saturated rings. The Morgan fingerprint density at radius 1 is 1.12 bits per heavy atom. The highest BCUT2D eigenvalue weighted by Crippen LogP contribution is 2.23. The number of rotatable bonds is 10. The van der Waals surface area contributed by atoms with Crippen LogP contribution in [-0.2, 0) is 14.8 Å². The molecule has 5 rings (SSSR count). The molecule has 0 unspecified atom stereocenters. The number of benzene rings is 1. The second-order valence-electron chi connectivity index (χ2n) is 10.4. The number of ether oxygens (including phenoxy) is 1. The van der Waals surface area contributed by atoms with Crippen LogP contribution in [0.3, 0.4) is 0 Å². The summed E-state index contributed by atoms with van der Waals surface area (Å²) in [4.78, 5) is 21.8. The fourth-order valence-corrected chi connectivity index (χ4v) is 6.33. The van der Waals surface area contributed by atoms with E-state index in [0.717, 1.165) is 64.1 Å². The molecule has 0 radical (unpaired) electrons. The van der Waals surface area contributed by atoms with Crippen LogP contribution in [0.4, 0.5) is 5.69 Å². The second-order valence-corrected chi connectivity index (χ2v) is 12.1. The van der Waals surface area contributed by atoms with Gasteiger partial charge in [-0.1, -0.05) is 31.1 Å². The smallest absolute Gasteiger partial charge is 0.264 e. The molecule has 9 heteroatoms. The number of pyridine rings is 1. The van der Waals surface area contributed by atoms with Crippen LogP contribution in [0.2, 0.25) is 0 Å². The molecule has 2 aliphatic rings. The monoisotopic (exact) mass is 572 g/mol. The lowest BCUT2D eigenvalue weighted by atomic mass is 10.0. The van der Waals surface area contributed by atoms with E-state index in [-0.39, 0.29) is 10.8 Å². The Labute approximate surface area is 242 Å². The predicted molar refractivity (Wildman–Crippen MR) is 160 cm³/mol. The van der Waals surface area contributed by atoms with E-state index in [9.17, 15) is 13.2 Å². The zero-order valence-corrected chi connectivity index (χ0v) is 24.3. The van der Waals surface area contributed by atoms with Crippen molar-refractivity contribution in [2.24, 2.45) is 0 Å². The summed E-state index contributed by atoms with van der Waals surface area (Å²) in [5.41, 5.74) is 2.61. The molecule has 0 spiro atoms. The third-order valence-electron chi connectivity index (χ3n) is 7.35. The average molecular weight is 573 g/mol. The Kier molecular flexibility index (Phi) is 9.22. The molecule has 8 nitrogen and oxygen atoms in total. The van der Waals surface area contributed by atoms with E-state index >= 15 is 0 Å². The minimum atomic E-state index is -3.91. The van der Waals surface area contributed by atoms with Crippen LogP contribution in [0.15, 0.2) is 77.0 Å². The summed E-state index contributed by atoms with van der Waals surface area (Å²) in [6.45, 7) is 6.91. The molecule has 0 saturated carbocycles. The van der Waals surface area contributed by atoms with E-state index in [4.69, 9.17) is 4.74 Å². The van der Waals surface area contributed by atoms with Crippen molar-refractivity contribution in [3.8, 4) is 0 Å². The SMILES string of the molecule is CCCCOC1=CCCC(CN2CCCN(C(=O)c3ccc(NS(=O)(=O)c4cc#cc5cccnc45)cc3)CC2)=C1. The first-order valence-corrected chi connectivity index (χ1v) is 15.8. The number of carbonyl (C=O) groups is 1. The lowest BCUT2D eigenvalue weighted by molar-refractivity contribution is 0.0762. The van der Waals surface area contributed by atoms with Crippen molar-refractivity contribution >= 4 is 32.5 Å². The lowest BCUT2D eigenvalue weighted by Crippen LogP contribution is -2.35. The van der Waals surface area contributed by atoms with Gasteiger partial charge in [0.2, 0.25) is 0 Å². The first-order chi connectivity index (χ1) is 19.9. The van der Waals surface area contributed by atoms with Crippen molar-refractivity contribution in [2.75, 3.05) is 44.1 Å². The summed E-state index contributed by atoms with van der Waals surface area (Å²) in [6.07, 6.45) is 11.1. The summed E-state index contributed by atoms with van der Waals surface area (Å²) in [6, 6.07) is 17.0. The van der Waals surface area contributed by atoms with Gasteiger partial charge in [-0.05, 0) is 74.2 Å². The van der Waals surface area contributed by atoms with E-state index in [1.807, 2.05) is 4.90 Å². The first-order valence-electron chi connectivity index (χ1n) is 14.3. The number of hydrogen-bond donors (Lipinski definition) is 1. The van der Waals surface area contributed by atoms with Gasteiger partial charge in [0.25, 0.3) is 15.9 Å². The maximum absolute atomic E-state index is 13.3. The van der Waals surface area contributed by atoms with Crippen LogP contribution in [0.5, 0.6) is 0 Å². The third-order valence-corrected chi connectivity index (χ3v) is 8.75. The van der Waals surface area contributed by atoms with E-state index in [1.54, 1.807) is 42.6 Å². The van der Waals surface area contributed by atoms with Gasteiger partial charge in [0.15, 0.2) is 0 Å². The molecular weight excluding hydrogens is 536 g/mol. The van der Waals surface area contributed by atoms with E-state index < -0.39 is 10.0 Å². The molecule has 41 heavy (non-hydrogen) atoms. The van der Waals surface area contributed by atoms with Gasteiger partial charge in [-0.3, -0.25) is 19.4 Å². The highest BCUT2D eigenvalue weighted by molar-refractivity contribution is 7.93. The Morgan fingerprint density at radius 3 is 2.80 bits per heavy atom. The molecule has 1 saturated heterocycles. The number of unbranched alkanes of at least 4 members (excludes halogenated alkanes) is 1. The standard InChI is InChI=1S/C32H36N4O4S/c1-2-3-22-40-29-11-4-8-25(23-29)24-35-18-7-19-36(21-20-35)32(37)27-13-15-28(16-14-27)34-41(38,39)30-12-5-9-26-10-6-17-33-31(26)30/h6,10-17,23,34H,2-4,7-8,18-22,24H2,1H3. The molecule has 214 valence electrons. The first kappa shape index (κ1) is 28.7. The molecule has 1 aliphatic heterocycles. The quantitative estimate of drug-likeness (QED) is 0.336. The number of allylic oxidation sites excluding steroid dienone is 2. The van der Waals surface area contributed by atoms with E-state index in [0.29, 0.717) is 35.2 Å². The number of nitrogens with one attached hydrogen (secondary N) is 1. The van der Waals surface area contributed by atoms with Crippen LogP contribution in [0, 0.1) is 12.1 Å². The van der Waals surface area contributed by atoms with Crippen molar-refractivity contribution in [1.82, 2.24) is 14.8 Å². The van der Waals surface area contributed by atoms with Gasteiger partial charge >= 0.3 is 0 Å². The number of amides is 1. The number of sulfonamides is 1. The molecular formula is C32H36N4O4S. The van der Waals surface area contributed by atoms with Gasteiger partial charge < -0.3 is 9.64 Å². The third kappa shape index (κ3) is 7.26. The van der Waals surface area contributed by atoms with Crippen LogP contribution in [0.1, 0.15) is 49.4 Å². The number of hydrogen-bond acceptors (Lipinski definition) is 6. The highest BCUT2D eigenvalue weighted by Gasteiger charge is 2.22. The molecule has 1 aliphatic carbocycles. The van der Waals surface area contributed by atoms with E-state index in [2.05, 4.69) is 45.8 Å². The fourth-order valence-electron chi connectivity index (χ4n) is 5.14. The van der Waals surface area contributed by atoms with Crippen LogP contribution in [0.25, 0.3) is 10.9 Å². The van der Waals surface area contributed by atoms with Gasteiger partial charge in [0.05, 0.1) is 17.5 Å². The predicted octanol–water partition coefficient (Wildman–Crippen LogP) is 5.20. The largest absolute Gasteiger partial charge is 0.494 e. The Balaban J connectivity index is 1.17. The Bertz CT molecular complexity index is 1530. The number of fused-ring (bicyclic) bond motifs is 1. The van der Waals surface area contributed by atoms with Gasteiger partial charge in [-0.25, -0.2) is 8.42 Å². The number of carbonyl (C=O) groups excluding carboxylic acids is 1. The number of nitrogens with zero attached hydrogens (tertiary/aromatic N) is 3. The number of anilines is 1. The van der Waals surface area contributed by atoms with Crippen LogP contribution in [-0.4, -0.2) is 68.4 Å². The molecule has 0 bridgehead atoms.